The molecule has 1 aliphatic heterocycles. The van der Waals surface area contributed by atoms with E-state index < -0.39 is 0 Å². The van der Waals surface area contributed by atoms with E-state index >= 15 is 0 Å². The Morgan fingerprint density at radius 3 is 2.80 bits per heavy atom. The first-order chi connectivity index (χ1) is 12.0. The van der Waals surface area contributed by atoms with E-state index in [0.717, 1.165) is 31.8 Å². The molecule has 3 rings (SSSR count). The van der Waals surface area contributed by atoms with Gasteiger partial charge in [0.1, 0.15) is 0 Å². The van der Waals surface area contributed by atoms with Gasteiger partial charge in [0.25, 0.3) is 0 Å². The highest BCUT2D eigenvalue weighted by Crippen LogP contribution is 2.28. The van der Waals surface area contributed by atoms with Gasteiger partial charge < -0.3 is 9.26 Å². The molecule has 0 spiro atoms. The molecule has 0 radical (unpaired) electrons. The molecule has 136 valence electrons. The molecular weight excluding hydrogens is 314 g/mol. The molecule has 1 unspecified atom stereocenters. The molecular formula is C20H29N3O2. The fourth-order valence-corrected chi connectivity index (χ4v) is 3.59. The molecule has 1 aromatic carbocycles. The van der Waals surface area contributed by atoms with Crippen LogP contribution in [0.2, 0.25) is 0 Å². The molecule has 5 nitrogen and oxygen atoms in total. The van der Waals surface area contributed by atoms with Crippen LogP contribution in [0.15, 0.2) is 28.8 Å². The summed E-state index contributed by atoms with van der Waals surface area (Å²) in [6.07, 6.45) is 2.80. The van der Waals surface area contributed by atoms with Crippen LogP contribution in [0.25, 0.3) is 0 Å². The highest BCUT2D eigenvalue weighted by Gasteiger charge is 2.32. The van der Waals surface area contributed by atoms with Crippen molar-refractivity contribution < 1.29 is 9.26 Å². The fourth-order valence-electron chi connectivity index (χ4n) is 3.59. The van der Waals surface area contributed by atoms with Crippen molar-refractivity contribution in [3.8, 4) is 0 Å². The van der Waals surface area contributed by atoms with E-state index in [-0.39, 0.29) is 5.60 Å². The zero-order valence-corrected chi connectivity index (χ0v) is 15.8. The lowest BCUT2D eigenvalue weighted by atomic mass is 9.93. The Morgan fingerprint density at radius 2 is 2.08 bits per heavy atom. The van der Waals surface area contributed by atoms with E-state index in [1.165, 1.54) is 11.1 Å². The summed E-state index contributed by atoms with van der Waals surface area (Å²) >= 11 is 0. The van der Waals surface area contributed by atoms with Crippen LogP contribution >= 0.6 is 0 Å². The smallest absolute Gasteiger partial charge is 0.240 e. The second-order valence-corrected chi connectivity index (χ2v) is 7.53. The van der Waals surface area contributed by atoms with Crippen molar-refractivity contribution in [3.05, 3.63) is 47.1 Å². The summed E-state index contributed by atoms with van der Waals surface area (Å²) in [5.41, 5.74) is 2.45. The Kier molecular flexibility index (Phi) is 5.54. The number of nitrogens with zero attached hydrogens (tertiary/aromatic N) is 3. The van der Waals surface area contributed by atoms with Gasteiger partial charge in [-0.15, -0.1) is 0 Å². The van der Waals surface area contributed by atoms with Crippen molar-refractivity contribution in [1.82, 2.24) is 15.0 Å². The van der Waals surface area contributed by atoms with Crippen molar-refractivity contribution in [2.75, 3.05) is 13.2 Å². The maximum absolute atomic E-state index is 5.84. The Balaban J connectivity index is 1.64. The predicted molar refractivity (Wildman–Crippen MR) is 97.4 cm³/mol. The average Bonchev–Trinajstić information content (AvgIpc) is 3.01. The minimum Gasteiger partial charge on any atom is -0.375 e. The van der Waals surface area contributed by atoms with Gasteiger partial charge >= 0.3 is 0 Å². The largest absolute Gasteiger partial charge is 0.375 e. The minimum absolute atomic E-state index is 0.0544. The first-order valence-corrected chi connectivity index (χ1v) is 9.21. The summed E-state index contributed by atoms with van der Waals surface area (Å²) in [6, 6.07) is 8.83. The molecule has 0 aliphatic carbocycles. The highest BCUT2D eigenvalue weighted by molar-refractivity contribution is 5.27. The quantitative estimate of drug-likeness (QED) is 0.799. The number of rotatable bonds is 6. The Bertz CT molecular complexity index is 696. The Labute approximate surface area is 150 Å². The predicted octanol–water partition coefficient (Wildman–Crippen LogP) is 3.75. The van der Waals surface area contributed by atoms with Gasteiger partial charge in [0, 0.05) is 19.1 Å². The summed E-state index contributed by atoms with van der Waals surface area (Å²) in [5, 5.41) is 4.18. The van der Waals surface area contributed by atoms with Gasteiger partial charge in [-0.1, -0.05) is 36.3 Å². The molecule has 25 heavy (non-hydrogen) atoms. The number of ether oxygens (including phenoxy) is 1. The van der Waals surface area contributed by atoms with E-state index in [0.29, 0.717) is 24.9 Å². The van der Waals surface area contributed by atoms with Crippen LogP contribution < -0.4 is 0 Å². The summed E-state index contributed by atoms with van der Waals surface area (Å²) in [7, 11) is 0. The van der Waals surface area contributed by atoms with E-state index in [2.05, 4.69) is 67.0 Å². The number of hydrogen-bond acceptors (Lipinski definition) is 5. The molecule has 0 N–H and O–H groups in total. The van der Waals surface area contributed by atoms with Crippen molar-refractivity contribution in [1.29, 1.82) is 0 Å². The van der Waals surface area contributed by atoms with Crippen LogP contribution in [-0.2, 0) is 17.7 Å². The molecule has 2 aromatic rings. The van der Waals surface area contributed by atoms with E-state index in [1.54, 1.807) is 0 Å². The fraction of sp³-hybridized carbons (Fsp3) is 0.600. The van der Waals surface area contributed by atoms with Gasteiger partial charge in [-0.3, -0.25) is 4.90 Å². The van der Waals surface area contributed by atoms with Crippen LogP contribution in [0.4, 0.5) is 0 Å². The number of benzene rings is 1. The third kappa shape index (κ3) is 4.67. The first kappa shape index (κ1) is 18.1. The molecule has 1 fully saturated rings. The van der Waals surface area contributed by atoms with E-state index in [9.17, 15) is 0 Å². The number of aryl methyl sites for hydroxylation is 1. The molecule has 2 heterocycles. The summed E-state index contributed by atoms with van der Waals surface area (Å²) in [4.78, 5) is 7.04. The van der Waals surface area contributed by atoms with Gasteiger partial charge in [-0.25, -0.2) is 0 Å². The lowest BCUT2D eigenvalue weighted by Gasteiger charge is -2.40. The molecule has 1 aliphatic rings. The van der Waals surface area contributed by atoms with Crippen LogP contribution in [0, 0.1) is 6.92 Å². The maximum Gasteiger partial charge on any atom is 0.240 e. The Hall–Kier alpha value is -1.72. The minimum atomic E-state index is -0.0544. The van der Waals surface area contributed by atoms with Gasteiger partial charge in [0.2, 0.25) is 5.89 Å². The first-order valence-electron chi connectivity index (χ1n) is 9.21. The van der Waals surface area contributed by atoms with Crippen molar-refractivity contribution in [2.24, 2.45) is 0 Å². The second-order valence-electron chi connectivity index (χ2n) is 7.53. The topological polar surface area (TPSA) is 51.4 Å². The standard InChI is InChI=1S/C20H29N3O2/c1-5-23(17-10-11-24-20(3,4)13-17)14-19-21-18(22-25-19)12-16-9-7-6-8-15(16)2/h6-9,17H,5,10-14H2,1-4H3. The van der Waals surface area contributed by atoms with Gasteiger partial charge in [-0.2, -0.15) is 4.98 Å². The Morgan fingerprint density at radius 1 is 1.28 bits per heavy atom. The van der Waals surface area contributed by atoms with Crippen LogP contribution in [0.3, 0.4) is 0 Å². The van der Waals surface area contributed by atoms with E-state index in [1.807, 2.05) is 0 Å². The molecule has 1 atom stereocenters. The van der Waals surface area contributed by atoms with Gasteiger partial charge in [0.05, 0.1) is 12.1 Å². The summed E-state index contributed by atoms with van der Waals surface area (Å²) in [5.74, 6) is 1.46. The molecule has 0 amide bonds. The van der Waals surface area contributed by atoms with Crippen LogP contribution in [0.5, 0.6) is 0 Å². The molecule has 0 saturated carbocycles. The third-order valence-electron chi connectivity index (χ3n) is 5.05. The normalized spacial score (nSPS) is 20.1. The summed E-state index contributed by atoms with van der Waals surface area (Å²) < 4.78 is 11.4. The zero-order chi connectivity index (χ0) is 17.9. The molecule has 1 saturated heterocycles. The monoisotopic (exact) mass is 343 g/mol. The summed E-state index contributed by atoms with van der Waals surface area (Å²) in [6.45, 7) is 11.1. The van der Waals surface area contributed by atoms with Gasteiger partial charge in [-0.05, 0) is 51.3 Å². The average molecular weight is 343 g/mol. The number of aromatic nitrogens is 2. The van der Waals surface area contributed by atoms with Crippen molar-refractivity contribution in [3.63, 3.8) is 0 Å². The second kappa shape index (κ2) is 7.67. The third-order valence-corrected chi connectivity index (χ3v) is 5.05. The van der Waals surface area contributed by atoms with E-state index in [4.69, 9.17) is 9.26 Å². The zero-order valence-electron chi connectivity index (χ0n) is 15.8. The SMILES string of the molecule is CCN(Cc1nc(Cc2ccccc2C)no1)C1CCOC(C)(C)C1. The van der Waals surface area contributed by atoms with Crippen LogP contribution in [-0.4, -0.2) is 39.8 Å². The van der Waals surface area contributed by atoms with Crippen LogP contribution in [0.1, 0.15) is 56.5 Å². The number of hydrogen-bond donors (Lipinski definition) is 0. The molecule has 5 heteroatoms. The lowest BCUT2D eigenvalue weighted by Crippen LogP contribution is -2.45. The molecule has 1 aromatic heterocycles. The highest BCUT2D eigenvalue weighted by atomic mass is 16.5. The van der Waals surface area contributed by atoms with Gasteiger partial charge in [0.15, 0.2) is 5.82 Å². The van der Waals surface area contributed by atoms with Crippen molar-refractivity contribution >= 4 is 0 Å². The lowest BCUT2D eigenvalue weighted by molar-refractivity contribution is -0.0848. The van der Waals surface area contributed by atoms with Crippen molar-refractivity contribution in [2.45, 2.75) is 65.1 Å². The molecule has 0 bridgehead atoms. The maximum atomic E-state index is 5.84.